The van der Waals surface area contributed by atoms with Crippen LogP contribution in [0.4, 0.5) is 0 Å². The number of carbonyl (C=O) groups is 1. The summed E-state index contributed by atoms with van der Waals surface area (Å²) in [6.45, 7) is 1.54. The molecule has 19 heavy (non-hydrogen) atoms. The molecule has 0 spiro atoms. The lowest BCUT2D eigenvalue weighted by Gasteiger charge is -2.29. The topological polar surface area (TPSA) is 32.8 Å². The summed E-state index contributed by atoms with van der Waals surface area (Å²) in [5, 5.41) is 0. The summed E-state index contributed by atoms with van der Waals surface area (Å²) < 4.78 is 5.06. The van der Waals surface area contributed by atoms with Crippen molar-refractivity contribution in [2.75, 3.05) is 41.4 Å². The molecule has 0 aliphatic heterocycles. The Kier molecular flexibility index (Phi) is 6.53. The van der Waals surface area contributed by atoms with Crippen LogP contribution in [0.3, 0.4) is 0 Å². The minimum absolute atomic E-state index is 0.103. The molecule has 4 heteroatoms. The molecule has 1 atom stereocenters. The van der Waals surface area contributed by atoms with Crippen LogP contribution in [0.2, 0.25) is 0 Å². The van der Waals surface area contributed by atoms with E-state index in [1.807, 2.05) is 37.4 Å². The summed E-state index contributed by atoms with van der Waals surface area (Å²) in [5.74, 6) is 0.103. The molecule has 0 N–H and O–H groups in total. The molecule has 106 valence electrons. The first-order valence-electron chi connectivity index (χ1n) is 6.53. The number of amides is 1. The van der Waals surface area contributed by atoms with E-state index in [4.69, 9.17) is 4.74 Å². The van der Waals surface area contributed by atoms with Crippen molar-refractivity contribution in [3.63, 3.8) is 0 Å². The minimum atomic E-state index is -0.229. The second-order valence-electron chi connectivity index (χ2n) is 4.87. The van der Waals surface area contributed by atoms with Gasteiger partial charge >= 0.3 is 0 Å². The first-order chi connectivity index (χ1) is 9.07. The number of ether oxygens (including phenoxy) is 1. The number of benzene rings is 1. The van der Waals surface area contributed by atoms with E-state index in [2.05, 4.69) is 4.90 Å². The number of rotatable bonds is 7. The largest absolute Gasteiger partial charge is 0.385 e. The van der Waals surface area contributed by atoms with Crippen LogP contribution in [-0.4, -0.2) is 57.1 Å². The van der Waals surface area contributed by atoms with Gasteiger partial charge in [-0.15, -0.1) is 0 Å². The van der Waals surface area contributed by atoms with Crippen molar-refractivity contribution in [1.82, 2.24) is 9.80 Å². The molecule has 0 aliphatic rings. The van der Waals surface area contributed by atoms with Gasteiger partial charge in [0.05, 0.1) is 0 Å². The van der Waals surface area contributed by atoms with Gasteiger partial charge < -0.3 is 9.64 Å². The van der Waals surface area contributed by atoms with E-state index in [-0.39, 0.29) is 11.9 Å². The lowest BCUT2D eigenvalue weighted by Crippen LogP contribution is -2.38. The van der Waals surface area contributed by atoms with Gasteiger partial charge in [-0.3, -0.25) is 9.69 Å². The van der Waals surface area contributed by atoms with Gasteiger partial charge in [0.2, 0.25) is 5.91 Å². The normalized spacial score (nSPS) is 12.5. The Morgan fingerprint density at radius 2 is 1.84 bits per heavy atom. The second-order valence-corrected chi connectivity index (χ2v) is 4.87. The summed E-state index contributed by atoms with van der Waals surface area (Å²) in [6.07, 6.45) is 0.914. The van der Waals surface area contributed by atoms with Gasteiger partial charge in [-0.25, -0.2) is 0 Å². The highest BCUT2D eigenvalue weighted by atomic mass is 16.5. The lowest BCUT2D eigenvalue weighted by molar-refractivity contribution is -0.134. The maximum atomic E-state index is 12.4. The van der Waals surface area contributed by atoms with Crippen molar-refractivity contribution >= 4 is 5.91 Å². The Morgan fingerprint density at radius 1 is 1.21 bits per heavy atom. The fourth-order valence-electron chi connectivity index (χ4n) is 2.05. The lowest BCUT2D eigenvalue weighted by atomic mass is 10.0. The number of nitrogens with zero attached hydrogens (tertiary/aromatic N) is 2. The molecule has 1 rings (SSSR count). The SMILES string of the molecule is COCCCN(C)C(C(=O)N(C)C)c1ccccc1. The predicted molar refractivity (Wildman–Crippen MR) is 77.0 cm³/mol. The van der Waals surface area contributed by atoms with Crippen molar-refractivity contribution in [2.24, 2.45) is 0 Å². The molecule has 0 aromatic heterocycles. The molecular weight excluding hydrogens is 240 g/mol. The van der Waals surface area contributed by atoms with Gasteiger partial charge in [-0.1, -0.05) is 30.3 Å². The number of carbonyl (C=O) groups excluding carboxylic acids is 1. The van der Waals surface area contributed by atoms with E-state index in [1.54, 1.807) is 26.1 Å². The van der Waals surface area contributed by atoms with E-state index in [1.165, 1.54) is 0 Å². The van der Waals surface area contributed by atoms with Crippen molar-refractivity contribution in [3.05, 3.63) is 35.9 Å². The predicted octanol–water partition coefficient (Wildman–Crippen LogP) is 1.78. The molecule has 0 saturated carbocycles. The van der Waals surface area contributed by atoms with E-state index in [0.29, 0.717) is 6.61 Å². The van der Waals surface area contributed by atoms with Crippen molar-refractivity contribution < 1.29 is 9.53 Å². The molecule has 0 radical (unpaired) electrons. The fourth-order valence-corrected chi connectivity index (χ4v) is 2.05. The summed E-state index contributed by atoms with van der Waals surface area (Å²) in [6, 6.07) is 9.67. The Hall–Kier alpha value is -1.39. The van der Waals surface area contributed by atoms with Crippen LogP contribution in [0.15, 0.2) is 30.3 Å². The molecule has 0 heterocycles. The van der Waals surface area contributed by atoms with Crippen LogP contribution >= 0.6 is 0 Å². The highest BCUT2D eigenvalue weighted by molar-refractivity contribution is 5.82. The van der Waals surface area contributed by atoms with Crippen molar-refractivity contribution in [3.8, 4) is 0 Å². The third-order valence-corrected chi connectivity index (χ3v) is 3.09. The van der Waals surface area contributed by atoms with Crippen LogP contribution in [0.5, 0.6) is 0 Å². The Morgan fingerprint density at radius 3 is 2.37 bits per heavy atom. The molecule has 1 unspecified atom stereocenters. The first kappa shape index (κ1) is 15.7. The van der Waals surface area contributed by atoms with E-state index in [0.717, 1.165) is 18.5 Å². The van der Waals surface area contributed by atoms with E-state index < -0.39 is 0 Å². The summed E-state index contributed by atoms with van der Waals surface area (Å²) >= 11 is 0. The quantitative estimate of drug-likeness (QED) is 0.704. The van der Waals surface area contributed by atoms with E-state index >= 15 is 0 Å². The zero-order valence-electron chi connectivity index (χ0n) is 12.3. The average molecular weight is 264 g/mol. The molecule has 0 fully saturated rings. The maximum Gasteiger partial charge on any atom is 0.244 e. The number of likely N-dealkylation sites (N-methyl/N-ethyl adjacent to an activating group) is 2. The van der Waals surface area contributed by atoms with E-state index in [9.17, 15) is 4.79 Å². The highest BCUT2D eigenvalue weighted by Gasteiger charge is 2.25. The van der Waals surface area contributed by atoms with Gasteiger partial charge in [-0.05, 0) is 19.0 Å². The first-order valence-corrected chi connectivity index (χ1v) is 6.53. The van der Waals surface area contributed by atoms with Crippen LogP contribution in [0.1, 0.15) is 18.0 Å². The minimum Gasteiger partial charge on any atom is -0.385 e. The number of hydrogen-bond donors (Lipinski definition) is 0. The smallest absolute Gasteiger partial charge is 0.244 e. The average Bonchev–Trinajstić information content (AvgIpc) is 2.40. The second kappa shape index (κ2) is 7.92. The maximum absolute atomic E-state index is 12.4. The molecule has 1 amide bonds. The number of methoxy groups -OCH3 is 1. The third-order valence-electron chi connectivity index (χ3n) is 3.09. The van der Waals surface area contributed by atoms with Gasteiger partial charge in [0, 0.05) is 34.4 Å². The summed E-state index contributed by atoms with van der Waals surface area (Å²) in [4.78, 5) is 16.1. The molecule has 1 aromatic carbocycles. The van der Waals surface area contributed by atoms with Crippen LogP contribution in [0, 0.1) is 0 Å². The number of hydrogen-bond acceptors (Lipinski definition) is 3. The van der Waals surface area contributed by atoms with Gasteiger partial charge in [0.1, 0.15) is 6.04 Å². The molecule has 0 saturated heterocycles. The molecule has 4 nitrogen and oxygen atoms in total. The van der Waals surface area contributed by atoms with Crippen LogP contribution in [-0.2, 0) is 9.53 Å². The van der Waals surface area contributed by atoms with Crippen molar-refractivity contribution in [1.29, 1.82) is 0 Å². The zero-order chi connectivity index (χ0) is 14.3. The Bertz CT molecular complexity index is 379. The highest BCUT2D eigenvalue weighted by Crippen LogP contribution is 2.21. The summed E-state index contributed by atoms with van der Waals surface area (Å²) in [7, 11) is 7.26. The van der Waals surface area contributed by atoms with Crippen LogP contribution < -0.4 is 0 Å². The van der Waals surface area contributed by atoms with Gasteiger partial charge in [-0.2, -0.15) is 0 Å². The zero-order valence-corrected chi connectivity index (χ0v) is 12.3. The van der Waals surface area contributed by atoms with Gasteiger partial charge in [0.15, 0.2) is 0 Å². The Balaban J connectivity index is 2.84. The molecular formula is C15H24N2O2. The standard InChI is InChI=1S/C15H24N2O2/c1-16(2)15(18)14(13-9-6-5-7-10-13)17(3)11-8-12-19-4/h5-7,9-10,14H,8,11-12H2,1-4H3. The molecule has 0 bridgehead atoms. The van der Waals surface area contributed by atoms with Crippen molar-refractivity contribution in [2.45, 2.75) is 12.5 Å². The Labute approximate surface area is 116 Å². The molecule has 1 aromatic rings. The fraction of sp³-hybridized carbons (Fsp3) is 0.533. The molecule has 0 aliphatic carbocycles. The van der Waals surface area contributed by atoms with Crippen LogP contribution in [0.25, 0.3) is 0 Å². The third kappa shape index (κ3) is 4.65. The monoisotopic (exact) mass is 264 g/mol. The summed E-state index contributed by atoms with van der Waals surface area (Å²) in [5.41, 5.74) is 1.03. The van der Waals surface area contributed by atoms with Gasteiger partial charge in [0.25, 0.3) is 0 Å².